The van der Waals surface area contributed by atoms with Crippen LogP contribution >= 0.6 is 0 Å². The van der Waals surface area contributed by atoms with Gasteiger partial charge in [-0.15, -0.1) is 0 Å². The van der Waals surface area contributed by atoms with Gasteiger partial charge < -0.3 is 14.6 Å². The molecule has 5 nitrogen and oxygen atoms in total. The zero-order valence-corrected chi connectivity index (χ0v) is 11.9. The maximum Gasteiger partial charge on any atom is 0.257 e. The first-order valence-electron chi connectivity index (χ1n) is 6.83. The molecule has 1 saturated heterocycles. The summed E-state index contributed by atoms with van der Waals surface area (Å²) in [6.07, 6.45) is 6.13. The molecule has 1 fully saturated rings. The van der Waals surface area contributed by atoms with E-state index in [-0.39, 0.29) is 17.9 Å². The molecule has 0 unspecified atom stereocenters. The maximum absolute atomic E-state index is 12.1. The number of nitrogens with zero attached hydrogens (tertiary/aromatic N) is 1. The van der Waals surface area contributed by atoms with E-state index in [1.807, 2.05) is 13.8 Å². The Balaban J connectivity index is 1.82. The van der Waals surface area contributed by atoms with Crippen molar-refractivity contribution in [3.8, 4) is 0 Å². The van der Waals surface area contributed by atoms with Crippen LogP contribution < -0.4 is 5.32 Å². The average molecular weight is 276 g/mol. The van der Waals surface area contributed by atoms with Crippen molar-refractivity contribution in [1.29, 1.82) is 0 Å². The number of hydrogen-bond donors (Lipinski definition) is 1. The summed E-state index contributed by atoms with van der Waals surface area (Å²) in [5.41, 5.74) is 1.56. The Morgan fingerprint density at radius 2 is 2.05 bits per heavy atom. The largest absolute Gasteiger partial charge is 0.472 e. The maximum atomic E-state index is 12.1. The number of nitrogens with one attached hydrogen (secondary N) is 1. The summed E-state index contributed by atoms with van der Waals surface area (Å²) < 4.78 is 4.93. The highest BCUT2D eigenvalue weighted by molar-refractivity contribution is 5.94. The van der Waals surface area contributed by atoms with Crippen molar-refractivity contribution in [2.24, 2.45) is 0 Å². The van der Waals surface area contributed by atoms with Crippen LogP contribution in [0.15, 0.2) is 34.7 Å². The van der Waals surface area contributed by atoms with Gasteiger partial charge >= 0.3 is 0 Å². The van der Waals surface area contributed by atoms with E-state index < -0.39 is 0 Å². The van der Waals surface area contributed by atoms with Crippen LogP contribution in [0, 0.1) is 0 Å². The quantitative estimate of drug-likeness (QED) is 0.858. The first-order chi connectivity index (χ1) is 9.56. The number of carbonyl (C=O) groups excluding carboxylic acids is 2. The van der Waals surface area contributed by atoms with Gasteiger partial charge in [-0.05, 0) is 32.8 Å². The first kappa shape index (κ1) is 14.4. The van der Waals surface area contributed by atoms with Gasteiger partial charge in [-0.2, -0.15) is 0 Å². The Bertz CT molecular complexity index is 493. The summed E-state index contributed by atoms with van der Waals surface area (Å²) in [7, 11) is 0. The molecule has 20 heavy (non-hydrogen) atoms. The van der Waals surface area contributed by atoms with Crippen molar-refractivity contribution < 1.29 is 14.0 Å². The number of piperidine rings is 1. The minimum absolute atomic E-state index is 0.00664. The highest BCUT2D eigenvalue weighted by atomic mass is 16.3. The molecule has 1 aliphatic rings. The Labute approximate surface area is 118 Å². The fourth-order valence-electron chi connectivity index (χ4n) is 2.30. The Kier molecular flexibility index (Phi) is 4.61. The molecule has 1 aromatic heterocycles. The lowest BCUT2D eigenvalue weighted by atomic mass is 10.0. The molecule has 0 aromatic carbocycles. The van der Waals surface area contributed by atoms with Crippen molar-refractivity contribution >= 4 is 11.8 Å². The number of carbonyl (C=O) groups is 2. The molecule has 0 atom stereocenters. The molecule has 1 aliphatic heterocycles. The summed E-state index contributed by atoms with van der Waals surface area (Å²) in [6.45, 7) is 5.10. The number of furan rings is 1. The third kappa shape index (κ3) is 3.73. The standard InChI is InChI=1S/C15H20N2O3/c1-11(2)9-14(18)16-13-3-6-17(7-4-13)15(19)12-5-8-20-10-12/h5,8-10,13H,3-4,6-7H2,1-2H3,(H,16,18). The van der Waals surface area contributed by atoms with E-state index in [2.05, 4.69) is 5.32 Å². The Morgan fingerprint density at radius 1 is 1.35 bits per heavy atom. The van der Waals surface area contributed by atoms with Crippen molar-refractivity contribution in [2.75, 3.05) is 13.1 Å². The number of likely N-dealkylation sites (tertiary alicyclic amines) is 1. The molecule has 1 N–H and O–H groups in total. The van der Waals surface area contributed by atoms with E-state index >= 15 is 0 Å². The van der Waals surface area contributed by atoms with E-state index in [0.29, 0.717) is 18.7 Å². The van der Waals surface area contributed by atoms with Gasteiger partial charge in [0.15, 0.2) is 0 Å². The molecule has 0 bridgehead atoms. The van der Waals surface area contributed by atoms with Crippen molar-refractivity contribution in [3.05, 3.63) is 35.8 Å². The SMILES string of the molecule is CC(C)=CC(=O)NC1CCN(C(=O)c2ccoc2)CC1. The predicted octanol–water partition coefficient (Wildman–Crippen LogP) is 1.97. The second-order valence-corrected chi connectivity index (χ2v) is 5.31. The van der Waals surface area contributed by atoms with Gasteiger partial charge in [-0.1, -0.05) is 5.57 Å². The van der Waals surface area contributed by atoms with Crippen LogP contribution in [0.4, 0.5) is 0 Å². The van der Waals surface area contributed by atoms with Crippen LogP contribution in [0.1, 0.15) is 37.0 Å². The lowest BCUT2D eigenvalue weighted by Crippen LogP contribution is -2.46. The van der Waals surface area contributed by atoms with Crippen LogP contribution in [-0.4, -0.2) is 35.8 Å². The van der Waals surface area contributed by atoms with Crippen LogP contribution in [-0.2, 0) is 4.79 Å². The van der Waals surface area contributed by atoms with Gasteiger partial charge in [0, 0.05) is 25.2 Å². The molecule has 1 aromatic rings. The fourth-order valence-corrected chi connectivity index (χ4v) is 2.30. The van der Waals surface area contributed by atoms with E-state index in [1.165, 1.54) is 12.5 Å². The molecule has 108 valence electrons. The molecule has 2 heterocycles. The molecule has 2 amide bonds. The van der Waals surface area contributed by atoms with Crippen molar-refractivity contribution in [3.63, 3.8) is 0 Å². The van der Waals surface area contributed by atoms with Gasteiger partial charge in [-0.25, -0.2) is 0 Å². The monoisotopic (exact) mass is 276 g/mol. The smallest absolute Gasteiger partial charge is 0.257 e. The van der Waals surface area contributed by atoms with E-state index in [4.69, 9.17) is 4.42 Å². The third-order valence-electron chi connectivity index (χ3n) is 3.32. The Hall–Kier alpha value is -2.04. The predicted molar refractivity (Wildman–Crippen MR) is 75.2 cm³/mol. The topological polar surface area (TPSA) is 62.6 Å². The van der Waals surface area contributed by atoms with Crippen LogP contribution in [0.2, 0.25) is 0 Å². The number of amides is 2. The van der Waals surface area contributed by atoms with Crippen LogP contribution in [0.5, 0.6) is 0 Å². The van der Waals surface area contributed by atoms with Gasteiger partial charge in [0.1, 0.15) is 6.26 Å². The molecule has 0 aliphatic carbocycles. The van der Waals surface area contributed by atoms with E-state index in [9.17, 15) is 9.59 Å². The number of rotatable bonds is 3. The summed E-state index contributed by atoms with van der Waals surface area (Å²) in [6, 6.07) is 1.82. The number of allylic oxidation sites excluding steroid dienone is 1. The van der Waals surface area contributed by atoms with Gasteiger partial charge in [0.25, 0.3) is 5.91 Å². The van der Waals surface area contributed by atoms with E-state index in [0.717, 1.165) is 18.4 Å². The summed E-state index contributed by atoms with van der Waals surface area (Å²) in [5.74, 6) is -0.0579. The minimum Gasteiger partial charge on any atom is -0.472 e. The molecule has 2 rings (SSSR count). The average Bonchev–Trinajstić information content (AvgIpc) is 2.91. The lowest BCUT2D eigenvalue weighted by molar-refractivity contribution is -0.117. The zero-order valence-electron chi connectivity index (χ0n) is 11.9. The second kappa shape index (κ2) is 6.41. The molecular weight excluding hydrogens is 256 g/mol. The molecular formula is C15H20N2O3. The van der Waals surface area contributed by atoms with Gasteiger partial charge in [0.2, 0.25) is 5.91 Å². The van der Waals surface area contributed by atoms with Crippen molar-refractivity contribution in [2.45, 2.75) is 32.7 Å². The van der Waals surface area contributed by atoms with Crippen LogP contribution in [0.25, 0.3) is 0 Å². The molecule has 5 heteroatoms. The number of hydrogen-bond acceptors (Lipinski definition) is 3. The lowest BCUT2D eigenvalue weighted by Gasteiger charge is -2.32. The highest BCUT2D eigenvalue weighted by Crippen LogP contribution is 2.14. The molecule has 0 spiro atoms. The highest BCUT2D eigenvalue weighted by Gasteiger charge is 2.24. The molecule has 0 radical (unpaired) electrons. The Morgan fingerprint density at radius 3 is 2.60 bits per heavy atom. The van der Waals surface area contributed by atoms with Gasteiger partial charge in [0.05, 0.1) is 11.8 Å². The first-order valence-corrected chi connectivity index (χ1v) is 6.83. The summed E-state index contributed by atoms with van der Waals surface area (Å²) in [5, 5.41) is 2.97. The van der Waals surface area contributed by atoms with E-state index in [1.54, 1.807) is 17.0 Å². The molecule has 0 saturated carbocycles. The van der Waals surface area contributed by atoms with Gasteiger partial charge in [-0.3, -0.25) is 9.59 Å². The second-order valence-electron chi connectivity index (χ2n) is 5.31. The van der Waals surface area contributed by atoms with Crippen molar-refractivity contribution in [1.82, 2.24) is 10.2 Å². The zero-order chi connectivity index (χ0) is 14.5. The summed E-state index contributed by atoms with van der Waals surface area (Å²) >= 11 is 0. The third-order valence-corrected chi connectivity index (χ3v) is 3.32. The minimum atomic E-state index is -0.0513. The van der Waals surface area contributed by atoms with Crippen LogP contribution in [0.3, 0.4) is 0 Å². The normalized spacial score (nSPS) is 15.8. The fraction of sp³-hybridized carbons (Fsp3) is 0.467. The summed E-state index contributed by atoms with van der Waals surface area (Å²) in [4.78, 5) is 25.5.